The maximum atomic E-state index is 6.33. The third kappa shape index (κ3) is 4.52. The quantitative estimate of drug-likeness (QED) is 0.523. The molecule has 0 radical (unpaired) electrons. The van der Waals surface area contributed by atoms with Crippen molar-refractivity contribution in [3.8, 4) is 5.75 Å². The topological polar surface area (TPSA) is 21.7 Å². The lowest BCUT2D eigenvalue weighted by molar-refractivity contribution is 0.189. The summed E-state index contributed by atoms with van der Waals surface area (Å²) in [7, 11) is 4.11. The first-order valence-corrected chi connectivity index (χ1v) is 10.1. The molecule has 0 heterocycles. The molecule has 29 heavy (non-hydrogen) atoms. The second-order valence-corrected chi connectivity index (χ2v) is 7.57. The summed E-state index contributed by atoms with van der Waals surface area (Å²) in [5.74, 6) is 1.94. The number of para-hydroxylation sites is 1. The monoisotopic (exact) mass is 385 g/mol. The Morgan fingerprint density at radius 1 is 0.759 bits per heavy atom. The average Bonchev–Trinajstić information content (AvgIpc) is 3.11. The fourth-order valence-corrected chi connectivity index (χ4v) is 3.67. The van der Waals surface area contributed by atoms with Crippen molar-refractivity contribution in [2.75, 3.05) is 27.2 Å². The van der Waals surface area contributed by atoms with Crippen LogP contribution in [0.1, 0.15) is 28.2 Å². The van der Waals surface area contributed by atoms with Gasteiger partial charge in [-0.05, 0) is 42.9 Å². The molecule has 0 aliphatic heterocycles. The summed E-state index contributed by atoms with van der Waals surface area (Å²) < 4.78 is 12.5. The molecule has 0 fully saturated rings. The lowest BCUT2D eigenvalue weighted by Crippen LogP contribution is -2.20. The number of hydrogen-bond acceptors (Lipinski definition) is 3. The molecule has 3 aromatic carbocycles. The van der Waals surface area contributed by atoms with Gasteiger partial charge in [-0.2, -0.15) is 0 Å². The van der Waals surface area contributed by atoms with Crippen LogP contribution in [0.15, 0.2) is 84.6 Å². The number of allylic oxidation sites excluding steroid dienone is 1. The van der Waals surface area contributed by atoms with E-state index in [1.807, 2.05) is 24.3 Å². The van der Waals surface area contributed by atoms with Crippen LogP contribution in [-0.2, 0) is 11.3 Å². The van der Waals surface area contributed by atoms with E-state index in [1.165, 1.54) is 16.7 Å². The predicted octanol–water partition coefficient (Wildman–Crippen LogP) is 5.33. The van der Waals surface area contributed by atoms with Crippen molar-refractivity contribution in [1.29, 1.82) is 0 Å². The molecule has 1 atom stereocenters. The average molecular weight is 386 g/mol. The molecule has 148 valence electrons. The minimum absolute atomic E-state index is 0.0467. The van der Waals surface area contributed by atoms with Gasteiger partial charge in [0, 0.05) is 12.1 Å². The van der Waals surface area contributed by atoms with Crippen molar-refractivity contribution in [1.82, 2.24) is 4.90 Å². The summed E-state index contributed by atoms with van der Waals surface area (Å²) in [6, 6.07) is 27.1. The summed E-state index contributed by atoms with van der Waals surface area (Å²) in [5.41, 5.74) is 4.79. The zero-order valence-corrected chi connectivity index (χ0v) is 17.0. The summed E-state index contributed by atoms with van der Waals surface area (Å²) in [5, 5.41) is 0. The fourth-order valence-electron chi connectivity index (χ4n) is 3.67. The number of hydrogen-bond donors (Lipinski definition) is 0. The summed E-state index contributed by atoms with van der Waals surface area (Å²) in [6.45, 7) is 2.09. The molecule has 3 aromatic rings. The molecule has 0 amide bonds. The highest BCUT2D eigenvalue weighted by Gasteiger charge is 2.30. The second-order valence-electron chi connectivity index (χ2n) is 7.57. The lowest BCUT2D eigenvalue weighted by atomic mass is 9.91. The van der Waals surface area contributed by atoms with E-state index in [1.54, 1.807) is 0 Å². The zero-order chi connectivity index (χ0) is 20.1. The van der Waals surface area contributed by atoms with E-state index >= 15 is 0 Å². The van der Waals surface area contributed by atoms with E-state index in [4.69, 9.17) is 9.47 Å². The van der Waals surface area contributed by atoms with Crippen molar-refractivity contribution in [2.45, 2.75) is 12.5 Å². The smallest absolute Gasteiger partial charge is 0.123 e. The van der Waals surface area contributed by atoms with Crippen LogP contribution < -0.4 is 4.74 Å². The Morgan fingerprint density at radius 2 is 1.45 bits per heavy atom. The van der Waals surface area contributed by atoms with Gasteiger partial charge in [-0.3, -0.25) is 0 Å². The Balaban J connectivity index is 1.62. The Kier molecular flexibility index (Phi) is 5.97. The van der Waals surface area contributed by atoms with Gasteiger partial charge in [-0.25, -0.2) is 0 Å². The number of likely N-dealkylation sites (N-methyl/N-ethyl adjacent to an activating group) is 1. The molecule has 0 aromatic heterocycles. The summed E-state index contributed by atoms with van der Waals surface area (Å²) >= 11 is 0. The van der Waals surface area contributed by atoms with Crippen molar-refractivity contribution in [2.24, 2.45) is 0 Å². The van der Waals surface area contributed by atoms with Gasteiger partial charge in [0.1, 0.15) is 24.7 Å². The van der Waals surface area contributed by atoms with Gasteiger partial charge in [0.2, 0.25) is 0 Å². The number of ether oxygens (including phenoxy) is 2. The Labute approximate surface area is 173 Å². The molecule has 1 aliphatic rings. The maximum absolute atomic E-state index is 6.33. The third-order valence-corrected chi connectivity index (χ3v) is 5.16. The minimum Gasteiger partial charge on any atom is -0.492 e. The van der Waals surface area contributed by atoms with E-state index in [0.29, 0.717) is 13.2 Å². The highest BCUT2D eigenvalue weighted by Crippen LogP contribution is 2.44. The molecular weight excluding hydrogens is 358 g/mol. The fraction of sp³-hybridized carbons (Fsp3) is 0.231. The molecule has 0 bridgehead atoms. The minimum atomic E-state index is 0.0467. The lowest BCUT2D eigenvalue weighted by Gasteiger charge is -2.21. The maximum Gasteiger partial charge on any atom is 0.123 e. The number of nitrogens with zero attached hydrogens (tertiary/aromatic N) is 1. The van der Waals surface area contributed by atoms with E-state index < -0.39 is 0 Å². The standard InChI is InChI=1S/C26H27NO2/c1-27(2)16-17-28-24-15-9-8-14-23(24)26-22-13-7-6-12-21(22)18-25(26)29-19-20-10-4-3-5-11-20/h3-15,18,26H,16-17,19H2,1-2H3. The Morgan fingerprint density at radius 3 is 2.24 bits per heavy atom. The van der Waals surface area contributed by atoms with Gasteiger partial charge in [0.05, 0.1) is 5.92 Å². The van der Waals surface area contributed by atoms with Gasteiger partial charge in [-0.15, -0.1) is 0 Å². The van der Waals surface area contributed by atoms with Gasteiger partial charge in [-0.1, -0.05) is 72.8 Å². The number of fused-ring (bicyclic) bond motifs is 1. The zero-order valence-electron chi connectivity index (χ0n) is 17.0. The van der Waals surface area contributed by atoms with Gasteiger partial charge in [0.25, 0.3) is 0 Å². The van der Waals surface area contributed by atoms with Gasteiger partial charge >= 0.3 is 0 Å². The highest BCUT2D eigenvalue weighted by atomic mass is 16.5. The van der Waals surface area contributed by atoms with Gasteiger partial charge in [0.15, 0.2) is 0 Å². The van der Waals surface area contributed by atoms with Crippen molar-refractivity contribution in [3.05, 3.63) is 107 Å². The van der Waals surface area contributed by atoms with Crippen molar-refractivity contribution < 1.29 is 9.47 Å². The van der Waals surface area contributed by atoms with Crippen LogP contribution in [0.3, 0.4) is 0 Å². The third-order valence-electron chi connectivity index (χ3n) is 5.16. The van der Waals surface area contributed by atoms with Crippen LogP contribution in [0.4, 0.5) is 0 Å². The first-order chi connectivity index (χ1) is 14.2. The van der Waals surface area contributed by atoms with Crippen molar-refractivity contribution in [3.63, 3.8) is 0 Å². The van der Waals surface area contributed by atoms with Crippen LogP contribution in [-0.4, -0.2) is 32.1 Å². The van der Waals surface area contributed by atoms with Gasteiger partial charge < -0.3 is 14.4 Å². The summed E-state index contributed by atoms with van der Waals surface area (Å²) in [6.07, 6.45) is 2.17. The molecule has 3 nitrogen and oxygen atoms in total. The van der Waals surface area contributed by atoms with E-state index in [0.717, 1.165) is 23.6 Å². The van der Waals surface area contributed by atoms with Crippen molar-refractivity contribution >= 4 is 6.08 Å². The van der Waals surface area contributed by atoms with E-state index in [-0.39, 0.29) is 5.92 Å². The predicted molar refractivity (Wildman–Crippen MR) is 118 cm³/mol. The molecule has 0 spiro atoms. The molecular formula is C26H27NO2. The highest BCUT2D eigenvalue weighted by molar-refractivity contribution is 5.68. The molecule has 1 unspecified atom stereocenters. The molecule has 3 heteroatoms. The van der Waals surface area contributed by atoms with Crippen LogP contribution in [0.25, 0.3) is 6.08 Å². The van der Waals surface area contributed by atoms with Crippen LogP contribution in [0, 0.1) is 0 Å². The molecule has 0 saturated heterocycles. The first-order valence-electron chi connectivity index (χ1n) is 10.1. The second kappa shape index (κ2) is 8.97. The van der Waals surface area contributed by atoms with E-state index in [9.17, 15) is 0 Å². The molecule has 0 saturated carbocycles. The molecule has 0 N–H and O–H groups in total. The number of rotatable bonds is 8. The Bertz CT molecular complexity index is 979. The number of benzene rings is 3. The Hall–Kier alpha value is -3.04. The molecule has 4 rings (SSSR count). The normalized spacial score (nSPS) is 15.1. The van der Waals surface area contributed by atoms with Crippen LogP contribution >= 0.6 is 0 Å². The van der Waals surface area contributed by atoms with Crippen LogP contribution in [0.5, 0.6) is 5.75 Å². The molecule has 1 aliphatic carbocycles. The van der Waals surface area contributed by atoms with Crippen LogP contribution in [0.2, 0.25) is 0 Å². The largest absolute Gasteiger partial charge is 0.492 e. The van der Waals surface area contributed by atoms with E-state index in [2.05, 4.69) is 79.7 Å². The summed E-state index contributed by atoms with van der Waals surface area (Å²) in [4.78, 5) is 2.13. The first kappa shape index (κ1) is 19.3. The SMILES string of the molecule is CN(C)CCOc1ccccc1C1C(OCc2ccccc2)=Cc2ccccc21.